The Morgan fingerprint density at radius 1 is 1.19 bits per heavy atom. The Balaban J connectivity index is 1.70. The van der Waals surface area contributed by atoms with Gasteiger partial charge in [-0.2, -0.15) is 0 Å². The number of aromatic nitrogens is 1. The molecule has 1 aromatic heterocycles. The topological polar surface area (TPSA) is 51.1 Å². The van der Waals surface area contributed by atoms with Gasteiger partial charge in [-0.05, 0) is 49.1 Å². The van der Waals surface area contributed by atoms with Crippen molar-refractivity contribution in [3.63, 3.8) is 0 Å². The van der Waals surface area contributed by atoms with Crippen LogP contribution in [0.1, 0.15) is 40.9 Å². The number of carbonyl (C=O) groups excluding carboxylic acids is 1. The molecular weight excluding hydrogens is 348 g/mol. The Morgan fingerprint density at radius 2 is 1.96 bits per heavy atom. The first-order chi connectivity index (χ1) is 12.5. The molecule has 3 aromatic rings. The number of nitrogens with one attached hydrogen (secondary N) is 1. The van der Waals surface area contributed by atoms with Crippen LogP contribution in [-0.2, 0) is 13.0 Å². The molecule has 26 heavy (non-hydrogen) atoms. The first-order valence-electron chi connectivity index (χ1n) is 8.76. The number of amides is 1. The van der Waals surface area contributed by atoms with E-state index in [0.29, 0.717) is 10.4 Å². The van der Waals surface area contributed by atoms with Crippen molar-refractivity contribution in [2.45, 2.75) is 32.4 Å². The maximum Gasteiger partial charge on any atom is 0.257 e. The lowest BCUT2D eigenvalue weighted by molar-refractivity contribution is 0.0938. The van der Waals surface area contributed by atoms with Crippen LogP contribution >= 0.6 is 11.6 Å². The van der Waals surface area contributed by atoms with E-state index < -0.39 is 0 Å². The fourth-order valence-electron chi connectivity index (χ4n) is 3.63. The molecule has 0 unspecified atom stereocenters. The van der Waals surface area contributed by atoms with Crippen molar-refractivity contribution < 1.29 is 4.79 Å². The van der Waals surface area contributed by atoms with Gasteiger partial charge in [0.15, 0.2) is 0 Å². The number of benzene rings is 2. The van der Waals surface area contributed by atoms with Gasteiger partial charge < -0.3 is 9.88 Å². The second kappa shape index (κ2) is 6.61. The Morgan fingerprint density at radius 3 is 2.73 bits per heavy atom. The van der Waals surface area contributed by atoms with Gasteiger partial charge in [0, 0.05) is 23.2 Å². The molecule has 0 saturated heterocycles. The summed E-state index contributed by atoms with van der Waals surface area (Å²) in [5.41, 5.74) is 3.06. The predicted octanol–water partition coefficient (Wildman–Crippen LogP) is 4.09. The van der Waals surface area contributed by atoms with E-state index in [2.05, 4.69) is 11.4 Å². The summed E-state index contributed by atoms with van der Waals surface area (Å²) in [5.74, 6) is -0.348. The van der Waals surface area contributed by atoms with Crippen LogP contribution < -0.4 is 10.7 Å². The van der Waals surface area contributed by atoms with Gasteiger partial charge in [0.1, 0.15) is 5.56 Å². The summed E-state index contributed by atoms with van der Waals surface area (Å²) in [7, 11) is 0. The molecule has 2 heterocycles. The summed E-state index contributed by atoms with van der Waals surface area (Å²) in [6.07, 6.45) is 3.68. The van der Waals surface area contributed by atoms with Crippen molar-refractivity contribution in [3.05, 3.63) is 80.6 Å². The van der Waals surface area contributed by atoms with E-state index in [-0.39, 0.29) is 22.9 Å². The number of aryl methyl sites for hydroxylation is 2. The molecular formula is C21H19ClN2O2. The second-order valence-corrected chi connectivity index (χ2v) is 7.17. The fraction of sp³-hybridized carbons (Fsp3) is 0.238. The highest BCUT2D eigenvalue weighted by molar-refractivity contribution is 6.30. The van der Waals surface area contributed by atoms with Crippen LogP contribution in [0.3, 0.4) is 0 Å². The van der Waals surface area contributed by atoms with E-state index in [1.54, 1.807) is 18.3 Å². The lowest BCUT2D eigenvalue weighted by atomic mass is 9.99. The van der Waals surface area contributed by atoms with Gasteiger partial charge in [-0.15, -0.1) is 0 Å². The maximum atomic E-state index is 12.9. The summed E-state index contributed by atoms with van der Waals surface area (Å²) in [6, 6.07) is 12.9. The molecule has 2 aromatic carbocycles. The number of rotatable bonds is 3. The molecule has 4 rings (SSSR count). The van der Waals surface area contributed by atoms with E-state index in [4.69, 9.17) is 11.6 Å². The van der Waals surface area contributed by atoms with Crippen molar-refractivity contribution in [2.75, 3.05) is 0 Å². The molecule has 1 aliphatic heterocycles. The van der Waals surface area contributed by atoms with Crippen LogP contribution in [0.15, 0.2) is 53.5 Å². The van der Waals surface area contributed by atoms with E-state index in [1.165, 1.54) is 5.56 Å². The monoisotopic (exact) mass is 366 g/mol. The molecule has 1 atom stereocenters. The van der Waals surface area contributed by atoms with Crippen LogP contribution in [0, 0.1) is 0 Å². The Labute approximate surface area is 156 Å². The Hall–Kier alpha value is -2.59. The van der Waals surface area contributed by atoms with Crippen LogP contribution in [-0.4, -0.2) is 10.5 Å². The fourth-order valence-corrected chi connectivity index (χ4v) is 3.75. The number of halogens is 1. The van der Waals surface area contributed by atoms with Crippen molar-refractivity contribution in [1.82, 2.24) is 9.88 Å². The van der Waals surface area contributed by atoms with Crippen LogP contribution in [0.25, 0.3) is 10.9 Å². The zero-order valence-corrected chi connectivity index (χ0v) is 15.2. The second-order valence-electron chi connectivity index (χ2n) is 6.73. The van der Waals surface area contributed by atoms with Crippen molar-refractivity contribution in [2.24, 2.45) is 0 Å². The zero-order valence-electron chi connectivity index (χ0n) is 14.5. The molecule has 5 heteroatoms. The molecule has 0 bridgehead atoms. The summed E-state index contributed by atoms with van der Waals surface area (Å²) in [6.45, 7) is 2.71. The average Bonchev–Trinajstić information content (AvgIpc) is 2.65. The van der Waals surface area contributed by atoms with Crippen LogP contribution in [0.5, 0.6) is 0 Å². The standard InChI is InChI=1S/C21H19ClN2O2/c1-13(14-7-9-16(22)10-8-14)23-21(26)18-12-24-11-3-5-15-4-2-6-17(19(15)24)20(18)25/h2,4,6-10,12-13H,3,5,11H2,1H3,(H,23,26)/t13-/m1/s1. The van der Waals surface area contributed by atoms with Crippen molar-refractivity contribution >= 4 is 28.4 Å². The maximum absolute atomic E-state index is 12.9. The third-order valence-electron chi connectivity index (χ3n) is 4.99. The van der Waals surface area contributed by atoms with E-state index in [0.717, 1.165) is 30.5 Å². The number of carbonyl (C=O) groups is 1. The van der Waals surface area contributed by atoms with Gasteiger partial charge in [0.05, 0.1) is 11.6 Å². The van der Waals surface area contributed by atoms with Crippen LogP contribution in [0.4, 0.5) is 0 Å². The summed E-state index contributed by atoms with van der Waals surface area (Å²) >= 11 is 5.91. The van der Waals surface area contributed by atoms with Crippen molar-refractivity contribution in [3.8, 4) is 0 Å². The highest BCUT2D eigenvalue weighted by Gasteiger charge is 2.20. The lowest BCUT2D eigenvalue weighted by Gasteiger charge is -2.21. The molecule has 1 N–H and O–H groups in total. The molecule has 0 saturated carbocycles. The Bertz CT molecular complexity index is 1050. The van der Waals surface area contributed by atoms with Gasteiger partial charge >= 0.3 is 0 Å². The third-order valence-corrected chi connectivity index (χ3v) is 5.24. The van der Waals surface area contributed by atoms with E-state index >= 15 is 0 Å². The number of hydrogen-bond acceptors (Lipinski definition) is 2. The van der Waals surface area contributed by atoms with Gasteiger partial charge in [-0.1, -0.05) is 35.9 Å². The van der Waals surface area contributed by atoms with Crippen molar-refractivity contribution in [1.29, 1.82) is 0 Å². The van der Waals surface area contributed by atoms with Gasteiger partial charge in [-0.3, -0.25) is 9.59 Å². The molecule has 0 aliphatic carbocycles. The minimum atomic E-state index is -0.348. The summed E-state index contributed by atoms with van der Waals surface area (Å²) < 4.78 is 2.04. The highest BCUT2D eigenvalue weighted by Crippen LogP contribution is 2.23. The summed E-state index contributed by atoms with van der Waals surface area (Å²) in [4.78, 5) is 25.7. The smallest absolute Gasteiger partial charge is 0.257 e. The largest absolute Gasteiger partial charge is 0.346 e. The summed E-state index contributed by atoms with van der Waals surface area (Å²) in [5, 5.41) is 4.19. The minimum absolute atomic E-state index is 0.192. The van der Waals surface area contributed by atoms with Gasteiger partial charge in [0.25, 0.3) is 5.91 Å². The SMILES string of the molecule is C[C@@H](NC(=O)c1cn2c3c(cccc3c1=O)CCC2)c1ccc(Cl)cc1. The molecule has 1 amide bonds. The van der Waals surface area contributed by atoms with E-state index in [9.17, 15) is 9.59 Å². The van der Waals surface area contributed by atoms with Gasteiger partial charge in [-0.25, -0.2) is 0 Å². The third kappa shape index (κ3) is 2.90. The first-order valence-corrected chi connectivity index (χ1v) is 9.14. The predicted molar refractivity (Wildman–Crippen MR) is 104 cm³/mol. The minimum Gasteiger partial charge on any atom is -0.346 e. The quantitative estimate of drug-likeness (QED) is 0.759. The number of nitrogens with zero attached hydrogens (tertiary/aromatic N) is 1. The number of para-hydroxylation sites is 1. The van der Waals surface area contributed by atoms with E-state index in [1.807, 2.05) is 35.8 Å². The van der Waals surface area contributed by atoms with Gasteiger partial charge in [0.2, 0.25) is 5.43 Å². The molecule has 0 fully saturated rings. The zero-order chi connectivity index (χ0) is 18.3. The molecule has 132 valence electrons. The molecule has 1 aliphatic rings. The first kappa shape index (κ1) is 16.9. The molecule has 0 spiro atoms. The Kier molecular flexibility index (Phi) is 4.29. The molecule has 4 nitrogen and oxygen atoms in total. The normalized spacial score (nSPS) is 14.2. The average molecular weight is 367 g/mol. The number of hydrogen-bond donors (Lipinski definition) is 1. The highest BCUT2D eigenvalue weighted by atomic mass is 35.5. The molecule has 0 radical (unpaired) electrons. The lowest BCUT2D eigenvalue weighted by Crippen LogP contribution is -2.32. The van der Waals surface area contributed by atoms with Crippen LogP contribution in [0.2, 0.25) is 5.02 Å². The number of pyridine rings is 1.